The van der Waals surface area contributed by atoms with Crippen LogP contribution in [0.4, 0.5) is 0 Å². The van der Waals surface area contributed by atoms with Gasteiger partial charge in [0.25, 0.3) is 0 Å². The summed E-state index contributed by atoms with van der Waals surface area (Å²) in [5, 5.41) is 10.9. The zero-order chi connectivity index (χ0) is 13.9. The zero-order valence-corrected chi connectivity index (χ0v) is 12.4. The molecule has 106 valence electrons. The van der Waals surface area contributed by atoms with Gasteiger partial charge in [0.15, 0.2) is 0 Å². The van der Waals surface area contributed by atoms with E-state index in [0.29, 0.717) is 5.92 Å². The maximum atomic E-state index is 10.9. The molecule has 1 aliphatic carbocycles. The van der Waals surface area contributed by atoms with Gasteiger partial charge in [-0.05, 0) is 42.7 Å². The third kappa shape index (κ3) is 2.56. The number of hydrogen-bond acceptors (Lipinski definition) is 2. The van der Waals surface area contributed by atoms with Gasteiger partial charge in [-0.2, -0.15) is 0 Å². The molecule has 0 spiro atoms. The fraction of sp³-hybridized carbons (Fsp3) is 0.647. The molecule has 1 fully saturated rings. The fourth-order valence-electron chi connectivity index (χ4n) is 3.17. The quantitative estimate of drug-likeness (QED) is 0.833. The van der Waals surface area contributed by atoms with Gasteiger partial charge >= 0.3 is 0 Å². The van der Waals surface area contributed by atoms with Crippen LogP contribution in [0.2, 0.25) is 0 Å². The highest BCUT2D eigenvalue weighted by Gasteiger charge is 2.37. The molecule has 0 bridgehead atoms. The van der Waals surface area contributed by atoms with Crippen LogP contribution in [0.15, 0.2) is 24.3 Å². The molecule has 0 aromatic heterocycles. The minimum Gasteiger partial charge on any atom is -0.385 e. The van der Waals surface area contributed by atoms with E-state index in [1.807, 2.05) is 6.07 Å². The van der Waals surface area contributed by atoms with Crippen LogP contribution in [0.25, 0.3) is 0 Å². The van der Waals surface area contributed by atoms with Crippen LogP contribution in [0.3, 0.4) is 0 Å². The van der Waals surface area contributed by atoms with Gasteiger partial charge < -0.3 is 9.84 Å². The van der Waals surface area contributed by atoms with E-state index < -0.39 is 11.7 Å². The van der Waals surface area contributed by atoms with Crippen LogP contribution >= 0.6 is 0 Å². The lowest BCUT2D eigenvalue weighted by atomic mass is 9.75. The third-order valence-electron chi connectivity index (χ3n) is 4.94. The molecule has 1 saturated carbocycles. The van der Waals surface area contributed by atoms with Gasteiger partial charge in [0.05, 0.1) is 5.60 Å². The second kappa shape index (κ2) is 6.06. The first kappa shape index (κ1) is 14.5. The molecule has 0 amide bonds. The Balaban J connectivity index is 2.34. The van der Waals surface area contributed by atoms with Crippen LogP contribution < -0.4 is 0 Å². The van der Waals surface area contributed by atoms with E-state index in [1.165, 1.54) is 24.8 Å². The van der Waals surface area contributed by atoms with Gasteiger partial charge in [-0.25, -0.2) is 0 Å². The standard InChI is InChI=1S/C17H26O2/c1-4-17(5-2,19-3)16(18)15-12-7-6-11-14(15)13-9-8-10-13/h6-7,11-13,16,18H,4-5,8-10H2,1-3H3. The summed E-state index contributed by atoms with van der Waals surface area (Å²) in [4.78, 5) is 0. The van der Waals surface area contributed by atoms with Crippen LogP contribution in [0.5, 0.6) is 0 Å². The number of aliphatic hydroxyl groups excluding tert-OH is 1. The Kier molecular flexibility index (Phi) is 4.64. The van der Waals surface area contributed by atoms with Crippen LogP contribution in [-0.2, 0) is 4.74 Å². The Hall–Kier alpha value is -0.860. The molecule has 1 N–H and O–H groups in total. The lowest BCUT2D eigenvalue weighted by Crippen LogP contribution is -2.38. The summed E-state index contributed by atoms with van der Waals surface area (Å²) in [6.45, 7) is 4.17. The van der Waals surface area contributed by atoms with E-state index in [0.717, 1.165) is 18.4 Å². The van der Waals surface area contributed by atoms with Gasteiger partial charge in [-0.3, -0.25) is 0 Å². The maximum Gasteiger partial charge on any atom is 0.108 e. The minimum absolute atomic E-state index is 0.458. The van der Waals surface area contributed by atoms with Crippen LogP contribution in [-0.4, -0.2) is 17.8 Å². The fourth-order valence-corrected chi connectivity index (χ4v) is 3.17. The van der Waals surface area contributed by atoms with Crippen molar-refractivity contribution < 1.29 is 9.84 Å². The van der Waals surface area contributed by atoms with E-state index in [-0.39, 0.29) is 0 Å². The maximum absolute atomic E-state index is 10.9. The molecule has 1 aromatic carbocycles. The molecule has 1 atom stereocenters. The van der Waals surface area contributed by atoms with E-state index in [2.05, 4.69) is 32.0 Å². The Morgan fingerprint density at radius 3 is 2.37 bits per heavy atom. The normalized spacial score (nSPS) is 18.1. The van der Waals surface area contributed by atoms with Crippen molar-refractivity contribution in [3.8, 4) is 0 Å². The average molecular weight is 262 g/mol. The monoisotopic (exact) mass is 262 g/mol. The van der Waals surface area contributed by atoms with Crippen molar-refractivity contribution in [1.82, 2.24) is 0 Å². The number of hydrogen-bond donors (Lipinski definition) is 1. The molecule has 0 radical (unpaired) electrons. The van der Waals surface area contributed by atoms with Gasteiger partial charge in [0.1, 0.15) is 6.10 Å². The summed E-state index contributed by atoms with van der Waals surface area (Å²) in [7, 11) is 1.71. The Bertz CT molecular complexity index is 397. The Morgan fingerprint density at radius 1 is 1.26 bits per heavy atom. The van der Waals surface area contributed by atoms with Gasteiger partial charge in [0.2, 0.25) is 0 Å². The summed E-state index contributed by atoms with van der Waals surface area (Å²) in [5.41, 5.74) is 1.93. The molecular weight excluding hydrogens is 236 g/mol. The molecule has 1 unspecified atom stereocenters. The van der Waals surface area contributed by atoms with Gasteiger partial charge in [-0.1, -0.05) is 44.5 Å². The van der Waals surface area contributed by atoms with E-state index in [9.17, 15) is 5.11 Å². The van der Waals surface area contributed by atoms with Crippen molar-refractivity contribution in [3.05, 3.63) is 35.4 Å². The molecule has 1 aliphatic rings. The highest BCUT2D eigenvalue weighted by molar-refractivity contribution is 5.34. The van der Waals surface area contributed by atoms with Crippen molar-refractivity contribution in [2.75, 3.05) is 7.11 Å². The smallest absolute Gasteiger partial charge is 0.108 e. The number of benzene rings is 1. The lowest BCUT2D eigenvalue weighted by Gasteiger charge is -2.38. The highest BCUT2D eigenvalue weighted by Crippen LogP contribution is 2.43. The highest BCUT2D eigenvalue weighted by atomic mass is 16.5. The second-order valence-corrected chi connectivity index (χ2v) is 5.64. The SMILES string of the molecule is CCC(CC)(OC)C(O)c1ccccc1C1CCC1. The topological polar surface area (TPSA) is 29.5 Å². The van der Waals surface area contributed by atoms with Crippen molar-refractivity contribution in [3.63, 3.8) is 0 Å². The van der Waals surface area contributed by atoms with E-state index in [4.69, 9.17) is 4.74 Å². The predicted molar refractivity (Wildman–Crippen MR) is 78.3 cm³/mol. The average Bonchev–Trinajstić information content (AvgIpc) is 2.40. The number of rotatable bonds is 6. The van der Waals surface area contributed by atoms with Crippen molar-refractivity contribution >= 4 is 0 Å². The summed E-state index contributed by atoms with van der Waals surface area (Å²) in [6.07, 6.45) is 4.92. The van der Waals surface area contributed by atoms with Gasteiger partial charge in [0, 0.05) is 7.11 Å². The molecular formula is C17H26O2. The molecule has 0 aliphatic heterocycles. The molecule has 2 heteroatoms. The molecule has 1 aromatic rings. The molecule has 2 rings (SSSR count). The predicted octanol–water partition coefficient (Wildman–Crippen LogP) is 4.19. The first-order valence-corrected chi connectivity index (χ1v) is 7.50. The van der Waals surface area contributed by atoms with Gasteiger partial charge in [-0.15, -0.1) is 0 Å². The largest absolute Gasteiger partial charge is 0.385 e. The summed E-state index contributed by atoms with van der Waals surface area (Å²) in [6, 6.07) is 8.34. The van der Waals surface area contributed by atoms with Crippen LogP contribution in [0, 0.1) is 0 Å². The van der Waals surface area contributed by atoms with E-state index in [1.54, 1.807) is 7.11 Å². The summed E-state index contributed by atoms with van der Waals surface area (Å²) in [5.74, 6) is 0.633. The van der Waals surface area contributed by atoms with Crippen molar-refractivity contribution in [2.24, 2.45) is 0 Å². The first-order valence-electron chi connectivity index (χ1n) is 7.50. The Morgan fingerprint density at radius 2 is 1.89 bits per heavy atom. The first-order chi connectivity index (χ1) is 9.18. The van der Waals surface area contributed by atoms with E-state index >= 15 is 0 Å². The number of methoxy groups -OCH3 is 1. The minimum atomic E-state index is -0.538. The summed E-state index contributed by atoms with van der Waals surface area (Å²) >= 11 is 0. The van der Waals surface area contributed by atoms with Crippen LogP contribution in [0.1, 0.15) is 69.1 Å². The molecule has 0 heterocycles. The molecule has 0 saturated heterocycles. The lowest BCUT2D eigenvalue weighted by molar-refractivity contribution is -0.110. The third-order valence-corrected chi connectivity index (χ3v) is 4.94. The van der Waals surface area contributed by atoms with Crippen molar-refractivity contribution in [1.29, 1.82) is 0 Å². The number of ether oxygens (including phenoxy) is 1. The number of aliphatic hydroxyl groups is 1. The summed E-state index contributed by atoms with van der Waals surface area (Å²) < 4.78 is 5.69. The second-order valence-electron chi connectivity index (χ2n) is 5.64. The molecule has 2 nitrogen and oxygen atoms in total. The van der Waals surface area contributed by atoms with Crippen molar-refractivity contribution in [2.45, 2.75) is 63.6 Å². The Labute approximate surface area is 116 Å². The zero-order valence-electron chi connectivity index (χ0n) is 12.4. The molecule has 19 heavy (non-hydrogen) atoms.